The average molecular weight is 344 g/mol. The maximum atomic E-state index is 13.1. The molecule has 0 radical (unpaired) electrons. The van der Waals surface area contributed by atoms with Crippen LogP contribution >= 0.6 is 0 Å². The van der Waals surface area contributed by atoms with Crippen LogP contribution in [-0.2, 0) is 6.54 Å². The molecule has 0 spiro atoms. The van der Waals surface area contributed by atoms with Gasteiger partial charge < -0.3 is 15.2 Å². The van der Waals surface area contributed by atoms with Gasteiger partial charge in [0.05, 0.1) is 6.33 Å². The van der Waals surface area contributed by atoms with Crippen molar-refractivity contribution in [3.05, 3.63) is 54.4 Å². The molecule has 5 nitrogen and oxygen atoms in total. The number of aryl methyl sites for hydroxylation is 1. The van der Waals surface area contributed by atoms with Gasteiger partial charge >= 0.3 is 12.2 Å². The maximum absolute atomic E-state index is 13.1. The summed E-state index contributed by atoms with van der Waals surface area (Å²) in [5, 5.41) is 4.24. The smallest absolute Gasteiger partial charge is 0.338 e. The molecular weight excluding hydrogens is 328 g/mol. The fourth-order valence-corrected chi connectivity index (χ4v) is 2.07. The molecule has 1 atom stereocenters. The monoisotopic (exact) mass is 344 g/mol. The summed E-state index contributed by atoms with van der Waals surface area (Å²) in [5.41, 5.74) is -0.238. The number of urea groups is 1. The average Bonchev–Trinajstić information content (AvgIpc) is 3.02. The molecule has 2 N–H and O–H groups in total. The van der Waals surface area contributed by atoms with Crippen LogP contribution in [0.1, 0.15) is 18.0 Å². The van der Waals surface area contributed by atoms with E-state index in [-0.39, 0.29) is 12.1 Å². The lowest BCUT2D eigenvalue weighted by Gasteiger charge is -2.22. The van der Waals surface area contributed by atoms with Gasteiger partial charge in [0.15, 0.2) is 6.04 Å². The third kappa shape index (κ3) is 5.25. The first-order valence-electron chi connectivity index (χ1n) is 7.18. The summed E-state index contributed by atoms with van der Waals surface area (Å²) >= 11 is 0. The van der Waals surface area contributed by atoms with Gasteiger partial charge in [0, 0.05) is 25.5 Å². The largest absolute Gasteiger partial charge is 0.412 e. The van der Waals surface area contributed by atoms with Crippen LogP contribution in [0.25, 0.3) is 0 Å². The molecule has 9 heteroatoms. The molecule has 130 valence electrons. The number of amides is 2. The van der Waals surface area contributed by atoms with Crippen molar-refractivity contribution in [2.75, 3.05) is 6.54 Å². The number of nitrogens with one attached hydrogen (secondary N) is 2. The van der Waals surface area contributed by atoms with Crippen molar-refractivity contribution in [2.45, 2.75) is 25.2 Å². The second-order valence-electron chi connectivity index (χ2n) is 5.08. The minimum atomic E-state index is -4.69. The van der Waals surface area contributed by atoms with E-state index in [2.05, 4.69) is 10.3 Å². The zero-order valence-electron chi connectivity index (χ0n) is 12.6. The molecule has 2 amide bonds. The molecule has 2 rings (SSSR count). The highest BCUT2D eigenvalue weighted by molar-refractivity contribution is 5.74. The number of imidazole rings is 1. The van der Waals surface area contributed by atoms with E-state index in [1.807, 2.05) is 5.32 Å². The van der Waals surface area contributed by atoms with E-state index < -0.39 is 24.1 Å². The van der Waals surface area contributed by atoms with Crippen LogP contribution in [0.15, 0.2) is 43.0 Å². The van der Waals surface area contributed by atoms with E-state index in [1.54, 1.807) is 23.3 Å². The number of halogens is 4. The summed E-state index contributed by atoms with van der Waals surface area (Å²) in [5.74, 6) is -0.649. The van der Waals surface area contributed by atoms with E-state index >= 15 is 0 Å². The number of carbonyl (C=O) groups is 1. The summed E-state index contributed by atoms with van der Waals surface area (Å²) < 4.78 is 53.9. The molecule has 1 aromatic carbocycles. The maximum Gasteiger partial charge on any atom is 0.412 e. The van der Waals surface area contributed by atoms with Gasteiger partial charge in [-0.15, -0.1) is 0 Å². The molecule has 0 bridgehead atoms. The second kappa shape index (κ2) is 7.80. The molecule has 0 saturated heterocycles. The quantitative estimate of drug-likeness (QED) is 0.625. The predicted octanol–water partition coefficient (Wildman–Crippen LogP) is 3.02. The lowest BCUT2D eigenvalue weighted by atomic mass is 10.1. The third-order valence-corrected chi connectivity index (χ3v) is 3.24. The summed E-state index contributed by atoms with van der Waals surface area (Å²) in [6.07, 6.45) is 0.808. The van der Waals surface area contributed by atoms with E-state index in [0.29, 0.717) is 13.0 Å². The van der Waals surface area contributed by atoms with Gasteiger partial charge in [-0.2, -0.15) is 13.2 Å². The topological polar surface area (TPSA) is 59.0 Å². The Morgan fingerprint density at radius 1 is 1.25 bits per heavy atom. The van der Waals surface area contributed by atoms with Crippen molar-refractivity contribution in [3.63, 3.8) is 0 Å². The van der Waals surface area contributed by atoms with Crippen LogP contribution in [0.2, 0.25) is 0 Å². The van der Waals surface area contributed by atoms with Crippen molar-refractivity contribution in [3.8, 4) is 0 Å². The first-order chi connectivity index (χ1) is 11.4. The summed E-state index contributed by atoms with van der Waals surface area (Å²) in [7, 11) is 0. The second-order valence-corrected chi connectivity index (χ2v) is 5.08. The zero-order valence-corrected chi connectivity index (χ0v) is 12.6. The highest BCUT2D eigenvalue weighted by Gasteiger charge is 2.41. The van der Waals surface area contributed by atoms with Gasteiger partial charge in [-0.1, -0.05) is 12.1 Å². The van der Waals surface area contributed by atoms with E-state index in [9.17, 15) is 22.4 Å². The lowest BCUT2D eigenvalue weighted by Crippen LogP contribution is -2.43. The molecule has 0 saturated carbocycles. The predicted molar refractivity (Wildman–Crippen MR) is 78.6 cm³/mol. The number of aromatic nitrogens is 2. The fraction of sp³-hybridized carbons (Fsp3) is 0.333. The summed E-state index contributed by atoms with van der Waals surface area (Å²) in [4.78, 5) is 15.5. The third-order valence-electron chi connectivity index (χ3n) is 3.24. The van der Waals surface area contributed by atoms with Gasteiger partial charge in [-0.25, -0.2) is 14.2 Å². The normalized spacial score (nSPS) is 12.7. The van der Waals surface area contributed by atoms with Crippen LogP contribution in [0.4, 0.5) is 22.4 Å². The highest BCUT2D eigenvalue weighted by Crippen LogP contribution is 2.32. The number of hydrogen-bond acceptors (Lipinski definition) is 2. The molecule has 0 aliphatic heterocycles. The number of benzene rings is 1. The number of alkyl halides is 3. The van der Waals surface area contributed by atoms with Crippen molar-refractivity contribution < 1.29 is 22.4 Å². The fourth-order valence-electron chi connectivity index (χ4n) is 2.07. The molecule has 2 aromatic rings. The Morgan fingerprint density at radius 3 is 2.54 bits per heavy atom. The Bertz CT molecular complexity index is 640. The Morgan fingerprint density at radius 2 is 1.96 bits per heavy atom. The van der Waals surface area contributed by atoms with E-state index in [1.165, 1.54) is 0 Å². The first-order valence-corrected chi connectivity index (χ1v) is 7.18. The highest BCUT2D eigenvalue weighted by atomic mass is 19.4. The number of nitrogens with zero attached hydrogens (tertiary/aromatic N) is 2. The Balaban J connectivity index is 1.87. The Hall–Kier alpha value is -2.58. The van der Waals surface area contributed by atoms with Gasteiger partial charge in [0.25, 0.3) is 0 Å². The molecule has 1 aromatic heterocycles. The SMILES string of the molecule is O=C(NCCCn1ccnc1)NC(c1ccc(F)cc1)C(F)(F)F. The van der Waals surface area contributed by atoms with Crippen LogP contribution in [-0.4, -0.2) is 28.3 Å². The Kier molecular flexibility index (Phi) is 5.78. The van der Waals surface area contributed by atoms with Crippen molar-refractivity contribution in [1.82, 2.24) is 20.2 Å². The molecule has 0 fully saturated rings. The van der Waals surface area contributed by atoms with Crippen LogP contribution < -0.4 is 10.6 Å². The number of carbonyl (C=O) groups excluding carboxylic acids is 1. The summed E-state index contributed by atoms with van der Waals surface area (Å²) in [6.45, 7) is 0.791. The standard InChI is InChI=1S/C15H16F4N4O/c16-12-4-2-11(3-5-12)13(15(17,18)19)22-14(24)21-6-1-8-23-9-7-20-10-23/h2-5,7,9-10,13H,1,6,8H2,(H2,21,22,24). The van der Waals surface area contributed by atoms with E-state index in [0.717, 1.165) is 24.3 Å². The zero-order chi connectivity index (χ0) is 17.6. The lowest BCUT2D eigenvalue weighted by molar-refractivity contribution is -0.154. The van der Waals surface area contributed by atoms with Crippen LogP contribution in [0, 0.1) is 5.82 Å². The molecule has 1 unspecified atom stereocenters. The van der Waals surface area contributed by atoms with Crippen molar-refractivity contribution >= 4 is 6.03 Å². The van der Waals surface area contributed by atoms with Crippen molar-refractivity contribution in [2.24, 2.45) is 0 Å². The van der Waals surface area contributed by atoms with Gasteiger partial charge in [0.2, 0.25) is 0 Å². The Labute approximate surface area is 135 Å². The summed E-state index contributed by atoms with van der Waals surface area (Å²) in [6, 6.07) is 0.677. The molecule has 24 heavy (non-hydrogen) atoms. The number of hydrogen-bond donors (Lipinski definition) is 2. The molecule has 0 aliphatic carbocycles. The first kappa shape index (κ1) is 17.8. The van der Waals surface area contributed by atoms with Crippen LogP contribution in [0.5, 0.6) is 0 Å². The molecule has 1 heterocycles. The molecule has 0 aliphatic rings. The van der Waals surface area contributed by atoms with E-state index in [4.69, 9.17) is 0 Å². The molecular formula is C15H16F4N4O. The van der Waals surface area contributed by atoms with Gasteiger partial charge in [0.1, 0.15) is 5.82 Å². The van der Waals surface area contributed by atoms with Gasteiger partial charge in [-0.05, 0) is 24.1 Å². The minimum absolute atomic E-state index is 0.206. The number of rotatable bonds is 6. The van der Waals surface area contributed by atoms with Gasteiger partial charge in [-0.3, -0.25) is 0 Å². The minimum Gasteiger partial charge on any atom is -0.338 e. The van der Waals surface area contributed by atoms with Crippen LogP contribution in [0.3, 0.4) is 0 Å². The van der Waals surface area contributed by atoms with Crippen molar-refractivity contribution in [1.29, 1.82) is 0 Å².